The van der Waals surface area contributed by atoms with Crippen molar-refractivity contribution in [3.63, 3.8) is 0 Å². The van der Waals surface area contributed by atoms with Crippen LogP contribution in [0.25, 0.3) is 0 Å². The summed E-state index contributed by atoms with van der Waals surface area (Å²) in [5, 5.41) is 10.5. The molecule has 1 saturated heterocycles. The van der Waals surface area contributed by atoms with Crippen LogP contribution in [0.3, 0.4) is 0 Å². The van der Waals surface area contributed by atoms with E-state index in [0.29, 0.717) is 12.5 Å². The first-order chi connectivity index (χ1) is 8.82. The van der Waals surface area contributed by atoms with Crippen LogP contribution in [0, 0.1) is 15.9 Å². The highest BCUT2D eigenvalue weighted by Crippen LogP contribution is 2.25. The minimum Gasteiger partial charge on any atom is -0.326 e. The largest absolute Gasteiger partial charge is 0.326 e. The maximum atomic E-state index is 13.4. The fourth-order valence-electron chi connectivity index (χ4n) is 1.92. The number of nitro benzene ring substituents is 1. The van der Waals surface area contributed by atoms with Gasteiger partial charge in [-0.05, 0) is 12.5 Å². The van der Waals surface area contributed by atoms with E-state index in [2.05, 4.69) is 0 Å². The third-order valence-electron chi connectivity index (χ3n) is 2.94. The number of hydrogen-bond donors (Lipinski definition) is 1. The van der Waals surface area contributed by atoms with Crippen molar-refractivity contribution in [1.82, 2.24) is 4.31 Å². The summed E-state index contributed by atoms with van der Waals surface area (Å²) in [6.07, 6.45) is 0.536. The molecule has 1 atom stereocenters. The summed E-state index contributed by atoms with van der Waals surface area (Å²) in [6, 6.07) is 2.30. The van der Waals surface area contributed by atoms with E-state index in [0.717, 1.165) is 16.4 Å². The molecule has 0 amide bonds. The van der Waals surface area contributed by atoms with Gasteiger partial charge in [0.2, 0.25) is 15.8 Å². The van der Waals surface area contributed by atoms with Gasteiger partial charge >= 0.3 is 5.69 Å². The molecule has 0 aromatic heterocycles. The first kappa shape index (κ1) is 13.8. The summed E-state index contributed by atoms with van der Waals surface area (Å²) < 4.78 is 38.9. The van der Waals surface area contributed by atoms with Crippen molar-refractivity contribution < 1.29 is 17.7 Å². The van der Waals surface area contributed by atoms with Gasteiger partial charge in [-0.15, -0.1) is 0 Å². The lowest BCUT2D eigenvalue weighted by atomic mass is 10.3. The molecule has 7 nitrogen and oxygen atoms in total. The molecule has 2 rings (SSSR count). The minimum atomic E-state index is -3.85. The SMILES string of the molecule is NC1CCN(S(=O)(=O)c2ccc([N+](=O)[O-])c(F)c2)C1. The predicted octanol–water partition coefficient (Wildman–Crippen LogP) is 0.456. The van der Waals surface area contributed by atoms with Gasteiger partial charge in [-0.2, -0.15) is 8.70 Å². The highest BCUT2D eigenvalue weighted by Gasteiger charge is 2.32. The fourth-order valence-corrected chi connectivity index (χ4v) is 3.44. The lowest BCUT2D eigenvalue weighted by molar-refractivity contribution is -0.387. The normalized spacial score (nSPS) is 20.6. The molecule has 0 saturated carbocycles. The molecule has 0 radical (unpaired) electrons. The summed E-state index contributed by atoms with van der Waals surface area (Å²) >= 11 is 0. The van der Waals surface area contributed by atoms with Crippen molar-refractivity contribution in [2.75, 3.05) is 13.1 Å². The van der Waals surface area contributed by atoms with E-state index >= 15 is 0 Å². The number of sulfonamides is 1. The van der Waals surface area contributed by atoms with E-state index in [-0.39, 0.29) is 24.0 Å². The van der Waals surface area contributed by atoms with Crippen molar-refractivity contribution in [2.24, 2.45) is 5.73 Å². The maximum absolute atomic E-state index is 13.4. The van der Waals surface area contributed by atoms with E-state index in [1.807, 2.05) is 0 Å². The quantitative estimate of drug-likeness (QED) is 0.642. The monoisotopic (exact) mass is 289 g/mol. The van der Waals surface area contributed by atoms with Crippen LogP contribution in [-0.2, 0) is 10.0 Å². The summed E-state index contributed by atoms with van der Waals surface area (Å²) in [5.41, 5.74) is 4.87. The number of nitrogens with zero attached hydrogens (tertiary/aromatic N) is 2. The average Bonchev–Trinajstić information content (AvgIpc) is 2.76. The zero-order chi connectivity index (χ0) is 14.2. The van der Waals surface area contributed by atoms with Gasteiger partial charge in [0, 0.05) is 31.3 Å². The van der Waals surface area contributed by atoms with Crippen LogP contribution >= 0.6 is 0 Å². The van der Waals surface area contributed by atoms with Crippen molar-refractivity contribution in [1.29, 1.82) is 0 Å². The smallest absolute Gasteiger partial charge is 0.304 e. The Morgan fingerprint density at radius 2 is 2.16 bits per heavy atom. The van der Waals surface area contributed by atoms with E-state index in [1.54, 1.807) is 0 Å². The van der Waals surface area contributed by atoms with Gasteiger partial charge in [0.15, 0.2) is 0 Å². The molecule has 1 aromatic rings. The molecule has 2 N–H and O–H groups in total. The molecule has 104 valence electrons. The van der Waals surface area contributed by atoms with Crippen LogP contribution in [0.4, 0.5) is 10.1 Å². The number of nitrogens with two attached hydrogens (primary N) is 1. The van der Waals surface area contributed by atoms with Crippen molar-refractivity contribution >= 4 is 15.7 Å². The molecule has 0 spiro atoms. The summed E-state index contributed by atoms with van der Waals surface area (Å²) in [7, 11) is -3.85. The fraction of sp³-hybridized carbons (Fsp3) is 0.400. The second kappa shape index (κ2) is 4.83. The van der Waals surface area contributed by atoms with Crippen molar-refractivity contribution in [3.05, 3.63) is 34.1 Å². The second-order valence-corrected chi connectivity index (χ2v) is 6.22. The van der Waals surface area contributed by atoms with Crippen LogP contribution in [-0.4, -0.2) is 36.8 Å². The van der Waals surface area contributed by atoms with Crippen LogP contribution in [0.1, 0.15) is 6.42 Å². The molecule has 1 aliphatic heterocycles. The van der Waals surface area contributed by atoms with Crippen LogP contribution in [0.2, 0.25) is 0 Å². The predicted molar refractivity (Wildman–Crippen MR) is 64.4 cm³/mol. The Morgan fingerprint density at radius 1 is 1.47 bits per heavy atom. The molecular weight excluding hydrogens is 277 g/mol. The van der Waals surface area contributed by atoms with E-state index in [4.69, 9.17) is 5.73 Å². The van der Waals surface area contributed by atoms with Gasteiger partial charge in [-0.25, -0.2) is 8.42 Å². The molecule has 1 aliphatic rings. The highest BCUT2D eigenvalue weighted by atomic mass is 32.2. The molecule has 0 bridgehead atoms. The van der Waals surface area contributed by atoms with Crippen molar-refractivity contribution in [2.45, 2.75) is 17.4 Å². The van der Waals surface area contributed by atoms with Gasteiger partial charge in [-0.3, -0.25) is 10.1 Å². The van der Waals surface area contributed by atoms with Gasteiger partial charge in [-0.1, -0.05) is 0 Å². The number of benzene rings is 1. The van der Waals surface area contributed by atoms with Gasteiger partial charge in [0.1, 0.15) is 0 Å². The Bertz CT molecular complexity index is 619. The Hall–Kier alpha value is -1.58. The standard InChI is InChI=1S/C10H12FN3O4S/c11-9-5-8(1-2-10(9)14(15)16)19(17,18)13-4-3-7(12)6-13/h1-2,5,7H,3-4,6,12H2. The number of hydrogen-bond acceptors (Lipinski definition) is 5. The van der Waals surface area contributed by atoms with Gasteiger partial charge < -0.3 is 5.73 Å². The van der Waals surface area contributed by atoms with E-state index in [1.165, 1.54) is 0 Å². The van der Waals surface area contributed by atoms with E-state index in [9.17, 15) is 22.9 Å². The Labute approximate surface area is 109 Å². The Kier molecular flexibility index (Phi) is 3.52. The molecule has 1 unspecified atom stereocenters. The molecular formula is C10H12FN3O4S. The van der Waals surface area contributed by atoms with Crippen LogP contribution in [0.15, 0.2) is 23.1 Å². The number of nitro groups is 1. The average molecular weight is 289 g/mol. The molecule has 1 fully saturated rings. The summed E-state index contributed by atoms with van der Waals surface area (Å²) in [5.74, 6) is -1.17. The first-order valence-electron chi connectivity index (χ1n) is 5.52. The van der Waals surface area contributed by atoms with Gasteiger partial charge in [0.25, 0.3) is 0 Å². The van der Waals surface area contributed by atoms with Crippen molar-refractivity contribution in [3.8, 4) is 0 Å². The zero-order valence-electron chi connectivity index (χ0n) is 9.82. The van der Waals surface area contributed by atoms with Crippen LogP contribution in [0.5, 0.6) is 0 Å². The molecule has 9 heteroatoms. The summed E-state index contributed by atoms with van der Waals surface area (Å²) in [4.78, 5) is 9.26. The van der Waals surface area contributed by atoms with E-state index < -0.39 is 26.5 Å². The Morgan fingerprint density at radius 3 is 2.63 bits per heavy atom. The minimum absolute atomic E-state index is 0.168. The second-order valence-electron chi connectivity index (χ2n) is 4.28. The third kappa shape index (κ3) is 2.57. The topological polar surface area (TPSA) is 107 Å². The third-order valence-corrected chi connectivity index (χ3v) is 4.80. The molecule has 19 heavy (non-hydrogen) atoms. The Balaban J connectivity index is 2.36. The maximum Gasteiger partial charge on any atom is 0.304 e. The molecule has 0 aliphatic carbocycles. The molecule has 1 aromatic carbocycles. The summed E-state index contributed by atoms with van der Waals surface area (Å²) in [6.45, 7) is 0.434. The highest BCUT2D eigenvalue weighted by molar-refractivity contribution is 7.89. The number of halogens is 1. The number of rotatable bonds is 3. The molecule has 1 heterocycles. The first-order valence-corrected chi connectivity index (χ1v) is 6.96. The zero-order valence-corrected chi connectivity index (χ0v) is 10.6. The van der Waals surface area contributed by atoms with Gasteiger partial charge in [0.05, 0.1) is 9.82 Å². The lowest BCUT2D eigenvalue weighted by Crippen LogP contribution is -2.32. The lowest BCUT2D eigenvalue weighted by Gasteiger charge is -2.15. The van der Waals surface area contributed by atoms with Crippen LogP contribution < -0.4 is 5.73 Å².